The fourth-order valence-electron chi connectivity index (χ4n) is 2.23. The Hall–Kier alpha value is -1.30. The molecule has 6 nitrogen and oxygen atoms in total. The summed E-state index contributed by atoms with van der Waals surface area (Å²) in [5.74, 6) is -0.788. The van der Waals surface area contributed by atoms with Crippen LogP contribution in [-0.2, 0) is 4.79 Å². The van der Waals surface area contributed by atoms with Crippen molar-refractivity contribution >= 4 is 12.0 Å². The summed E-state index contributed by atoms with van der Waals surface area (Å²) in [4.78, 5) is 26.3. The largest absolute Gasteiger partial charge is 0.481 e. The Kier molecular flexibility index (Phi) is 5.17. The van der Waals surface area contributed by atoms with Gasteiger partial charge in [0.25, 0.3) is 0 Å². The molecular formula is C13H24N2O4. The number of carboxylic acid groups (broad SMARTS) is 1. The van der Waals surface area contributed by atoms with Crippen LogP contribution < -0.4 is 0 Å². The Balaban J connectivity index is 2.64. The van der Waals surface area contributed by atoms with Gasteiger partial charge in [0.1, 0.15) is 0 Å². The lowest BCUT2D eigenvalue weighted by atomic mass is 9.95. The van der Waals surface area contributed by atoms with Crippen LogP contribution in [0.4, 0.5) is 4.79 Å². The predicted molar refractivity (Wildman–Crippen MR) is 70.9 cm³/mol. The Labute approximate surface area is 114 Å². The van der Waals surface area contributed by atoms with Gasteiger partial charge in [-0.15, -0.1) is 0 Å². The summed E-state index contributed by atoms with van der Waals surface area (Å²) in [7, 11) is 1.67. The lowest BCUT2D eigenvalue weighted by Crippen LogP contribution is -2.54. The number of amides is 2. The van der Waals surface area contributed by atoms with E-state index >= 15 is 0 Å². The Morgan fingerprint density at radius 1 is 1.42 bits per heavy atom. The average molecular weight is 272 g/mol. The number of aliphatic carboxylic acids is 1. The Morgan fingerprint density at radius 3 is 2.58 bits per heavy atom. The second kappa shape index (κ2) is 6.23. The van der Waals surface area contributed by atoms with E-state index in [0.29, 0.717) is 13.1 Å². The van der Waals surface area contributed by atoms with E-state index in [2.05, 4.69) is 0 Å². The predicted octanol–water partition coefficient (Wildman–Crippen LogP) is 0.996. The molecule has 0 saturated carbocycles. The van der Waals surface area contributed by atoms with E-state index < -0.39 is 11.5 Å². The van der Waals surface area contributed by atoms with Crippen LogP contribution in [-0.4, -0.2) is 64.3 Å². The maximum atomic E-state index is 12.3. The van der Waals surface area contributed by atoms with Crippen molar-refractivity contribution in [2.75, 3.05) is 26.7 Å². The van der Waals surface area contributed by atoms with Gasteiger partial charge in [0.2, 0.25) is 0 Å². The number of aliphatic hydroxyl groups excluding tert-OH is 1. The zero-order chi connectivity index (χ0) is 14.6. The highest BCUT2D eigenvalue weighted by atomic mass is 16.4. The van der Waals surface area contributed by atoms with Crippen LogP contribution in [0.5, 0.6) is 0 Å². The maximum Gasteiger partial charge on any atom is 0.320 e. The molecule has 1 unspecified atom stereocenters. The minimum atomic E-state index is -0.816. The van der Waals surface area contributed by atoms with Crippen LogP contribution in [0.25, 0.3) is 0 Å². The van der Waals surface area contributed by atoms with Crippen LogP contribution in [0.2, 0.25) is 0 Å². The smallest absolute Gasteiger partial charge is 0.320 e. The van der Waals surface area contributed by atoms with E-state index in [0.717, 1.165) is 12.8 Å². The topological polar surface area (TPSA) is 81.1 Å². The van der Waals surface area contributed by atoms with Crippen molar-refractivity contribution in [3.63, 3.8) is 0 Å². The van der Waals surface area contributed by atoms with Crippen molar-refractivity contribution < 1.29 is 19.8 Å². The van der Waals surface area contributed by atoms with Gasteiger partial charge in [0.05, 0.1) is 12.1 Å². The molecule has 0 aliphatic carbocycles. The van der Waals surface area contributed by atoms with E-state index in [-0.39, 0.29) is 25.0 Å². The van der Waals surface area contributed by atoms with Crippen molar-refractivity contribution in [2.24, 2.45) is 5.92 Å². The lowest BCUT2D eigenvalue weighted by molar-refractivity contribution is -0.138. The molecule has 19 heavy (non-hydrogen) atoms. The van der Waals surface area contributed by atoms with Crippen LogP contribution in [0.3, 0.4) is 0 Å². The minimum absolute atomic E-state index is 0.0286. The van der Waals surface area contributed by atoms with Crippen LogP contribution in [0.1, 0.15) is 33.1 Å². The monoisotopic (exact) mass is 272 g/mol. The van der Waals surface area contributed by atoms with Crippen molar-refractivity contribution in [3.8, 4) is 0 Å². The number of carbonyl (C=O) groups is 2. The standard InChI is InChI=1S/C13H24N2O4/c1-13(2,9-16)14(3)12(19)15-6-4-5-10(8-15)7-11(17)18/h10,16H,4-9H2,1-3H3,(H,17,18). The molecule has 6 heteroatoms. The third kappa shape index (κ3) is 4.09. The van der Waals surface area contributed by atoms with Crippen LogP contribution >= 0.6 is 0 Å². The molecule has 1 fully saturated rings. The zero-order valence-corrected chi connectivity index (χ0v) is 11.9. The quantitative estimate of drug-likeness (QED) is 0.800. The number of rotatable bonds is 4. The van der Waals surface area contributed by atoms with Gasteiger partial charge in [0.15, 0.2) is 0 Å². The Bertz CT molecular complexity index is 344. The number of likely N-dealkylation sites (tertiary alicyclic amines) is 1. The van der Waals surface area contributed by atoms with Gasteiger partial charge in [-0.2, -0.15) is 0 Å². The van der Waals surface area contributed by atoms with Gasteiger partial charge < -0.3 is 20.0 Å². The molecule has 1 heterocycles. The highest BCUT2D eigenvalue weighted by molar-refractivity contribution is 5.75. The highest BCUT2D eigenvalue weighted by Crippen LogP contribution is 2.22. The summed E-state index contributed by atoms with van der Waals surface area (Å²) in [5, 5.41) is 18.1. The molecule has 1 atom stereocenters. The number of carbonyl (C=O) groups excluding carboxylic acids is 1. The molecule has 0 aromatic heterocycles. The van der Waals surface area contributed by atoms with Crippen molar-refractivity contribution in [1.82, 2.24) is 9.80 Å². The molecule has 110 valence electrons. The fourth-order valence-corrected chi connectivity index (χ4v) is 2.23. The molecule has 0 bridgehead atoms. The zero-order valence-electron chi connectivity index (χ0n) is 11.9. The van der Waals surface area contributed by atoms with Crippen molar-refractivity contribution in [2.45, 2.75) is 38.6 Å². The molecule has 0 spiro atoms. The lowest BCUT2D eigenvalue weighted by Gasteiger charge is -2.40. The first-order chi connectivity index (χ1) is 8.77. The van der Waals surface area contributed by atoms with Gasteiger partial charge in [-0.3, -0.25) is 4.79 Å². The normalized spacial score (nSPS) is 20.2. The van der Waals surface area contributed by atoms with Crippen molar-refractivity contribution in [1.29, 1.82) is 0 Å². The summed E-state index contributed by atoms with van der Waals surface area (Å²) in [5.41, 5.74) is -0.614. The summed E-state index contributed by atoms with van der Waals surface area (Å²) in [6.07, 6.45) is 1.79. The molecule has 1 rings (SSSR count). The molecular weight excluding hydrogens is 248 g/mol. The van der Waals surface area contributed by atoms with E-state index in [1.807, 2.05) is 0 Å². The van der Waals surface area contributed by atoms with Crippen LogP contribution in [0.15, 0.2) is 0 Å². The SMILES string of the molecule is CN(C(=O)N1CCCC(CC(=O)O)C1)C(C)(C)CO. The molecule has 0 aromatic carbocycles. The van der Waals surface area contributed by atoms with E-state index in [1.54, 1.807) is 25.8 Å². The van der Waals surface area contributed by atoms with Crippen LogP contribution in [0, 0.1) is 5.92 Å². The average Bonchev–Trinajstić information content (AvgIpc) is 2.36. The van der Waals surface area contributed by atoms with Gasteiger partial charge in [0, 0.05) is 26.6 Å². The minimum Gasteiger partial charge on any atom is -0.481 e. The van der Waals surface area contributed by atoms with Gasteiger partial charge >= 0.3 is 12.0 Å². The highest BCUT2D eigenvalue weighted by Gasteiger charge is 2.32. The molecule has 0 radical (unpaired) electrons. The number of urea groups is 1. The summed E-state index contributed by atoms with van der Waals surface area (Å²) in [6.45, 7) is 4.62. The molecule has 1 aliphatic heterocycles. The molecule has 2 amide bonds. The number of aliphatic hydroxyl groups is 1. The number of nitrogens with zero attached hydrogens (tertiary/aromatic N) is 2. The van der Waals surface area contributed by atoms with E-state index in [4.69, 9.17) is 5.11 Å². The molecule has 1 aliphatic rings. The first-order valence-corrected chi connectivity index (χ1v) is 6.63. The van der Waals surface area contributed by atoms with Crippen molar-refractivity contribution in [3.05, 3.63) is 0 Å². The molecule has 1 saturated heterocycles. The summed E-state index contributed by atoms with van der Waals surface area (Å²) < 4.78 is 0. The Morgan fingerprint density at radius 2 is 2.05 bits per heavy atom. The second-order valence-electron chi connectivity index (χ2n) is 5.86. The van der Waals surface area contributed by atoms with E-state index in [1.165, 1.54) is 4.90 Å². The maximum absolute atomic E-state index is 12.3. The number of hydrogen-bond donors (Lipinski definition) is 2. The summed E-state index contributed by atoms with van der Waals surface area (Å²) in [6, 6.07) is -0.144. The van der Waals surface area contributed by atoms with Gasteiger partial charge in [-0.25, -0.2) is 4.79 Å². The molecule has 2 N–H and O–H groups in total. The third-order valence-electron chi connectivity index (χ3n) is 3.83. The van der Waals surface area contributed by atoms with Gasteiger partial charge in [-0.05, 0) is 32.6 Å². The first kappa shape index (κ1) is 15.8. The first-order valence-electron chi connectivity index (χ1n) is 6.63. The van der Waals surface area contributed by atoms with E-state index in [9.17, 15) is 14.7 Å². The summed E-state index contributed by atoms with van der Waals surface area (Å²) >= 11 is 0. The van der Waals surface area contributed by atoms with Gasteiger partial charge in [-0.1, -0.05) is 0 Å². The fraction of sp³-hybridized carbons (Fsp3) is 0.846. The number of likely N-dealkylation sites (N-methyl/N-ethyl adjacent to an activating group) is 1. The second-order valence-corrected chi connectivity index (χ2v) is 5.86. The number of hydrogen-bond acceptors (Lipinski definition) is 3. The number of carboxylic acids is 1. The molecule has 0 aromatic rings. The number of piperidine rings is 1. The third-order valence-corrected chi connectivity index (χ3v) is 3.83.